The van der Waals surface area contributed by atoms with Gasteiger partial charge in [-0.25, -0.2) is 22.2 Å². The Morgan fingerprint density at radius 1 is 1.12 bits per heavy atom. The molecule has 24 heavy (non-hydrogen) atoms. The number of nitrogens with one attached hydrogen (secondary N) is 1. The zero-order valence-corrected chi connectivity index (χ0v) is 13.4. The highest BCUT2D eigenvalue weighted by Crippen LogP contribution is 2.10. The monoisotopic (exact) mass is 346 g/mol. The van der Waals surface area contributed by atoms with Crippen molar-refractivity contribution in [1.29, 1.82) is 0 Å². The second kappa shape index (κ2) is 6.90. The molecule has 0 bridgehead atoms. The van der Waals surface area contributed by atoms with Crippen molar-refractivity contribution in [2.24, 2.45) is 0 Å². The highest BCUT2D eigenvalue weighted by molar-refractivity contribution is 7.89. The van der Waals surface area contributed by atoms with Crippen LogP contribution in [0.15, 0.2) is 66.0 Å². The first-order valence-corrected chi connectivity index (χ1v) is 8.73. The number of hydrogen-bond acceptors (Lipinski definition) is 4. The summed E-state index contributed by atoms with van der Waals surface area (Å²) >= 11 is 0. The minimum Gasteiger partial charge on any atom is -0.263 e. The molecule has 0 radical (unpaired) electrons. The number of aromatic nitrogens is 3. The van der Waals surface area contributed by atoms with Gasteiger partial charge in [0.05, 0.1) is 11.4 Å². The molecule has 124 valence electrons. The lowest BCUT2D eigenvalue weighted by Crippen LogP contribution is -2.26. The molecule has 0 saturated heterocycles. The topological polar surface area (TPSA) is 76.9 Å². The van der Waals surface area contributed by atoms with E-state index >= 15 is 0 Å². The first-order valence-electron chi connectivity index (χ1n) is 7.25. The Kier molecular flexibility index (Phi) is 4.68. The molecule has 0 aliphatic heterocycles. The van der Waals surface area contributed by atoms with Gasteiger partial charge in [0.15, 0.2) is 0 Å². The van der Waals surface area contributed by atoms with E-state index in [0.29, 0.717) is 6.42 Å². The summed E-state index contributed by atoms with van der Waals surface area (Å²) in [7, 11) is -3.57. The van der Waals surface area contributed by atoms with Gasteiger partial charge in [-0.3, -0.25) is 4.98 Å². The number of nitrogens with zero attached hydrogens (tertiary/aromatic N) is 3. The third kappa shape index (κ3) is 3.84. The summed E-state index contributed by atoms with van der Waals surface area (Å²) in [5, 5.41) is 4.35. The zero-order chi connectivity index (χ0) is 17.0. The summed E-state index contributed by atoms with van der Waals surface area (Å²) in [6, 6.07) is 10.8. The van der Waals surface area contributed by atoms with Gasteiger partial charge >= 0.3 is 0 Å². The van der Waals surface area contributed by atoms with E-state index in [4.69, 9.17) is 0 Å². The summed E-state index contributed by atoms with van der Waals surface area (Å²) in [6.07, 6.45) is 5.00. The van der Waals surface area contributed by atoms with Crippen LogP contribution in [0.2, 0.25) is 0 Å². The molecule has 0 fully saturated rings. The third-order valence-corrected chi connectivity index (χ3v) is 4.80. The van der Waals surface area contributed by atoms with Crippen molar-refractivity contribution in [2.45, 2.75) is 11.3 Å². The standard InChI is InChI=1S/C16H15FN4O2S/c17-13-3-5-15(6-4-13)21-11-8-14(20-21)7-10-19-24(22,23)16-2-1-9-18-12-16/h1-6,8-9,11-12,19H,7,10H2. The molecule has 3 aromatic rings. The van der Waals surface area contributed by atoms with Crippen LogP contribution in [-0.2, 0) is 16.4 Å². The Labute approximate surface area is 139 Å². The summed E-state index contributed by atoms with van der Waals surface area (Å²) in [4.78, 5) is 3.93. The van der Waals surface area contributed by atoms with Gasteiger partial charge in [0.1, 0.15) is 10.7 Å². The fraction of sp³-hybridized carbons (Fsp3) is 0.125. The quantitative estimate of drug-likeness (QED) is 0.740. The number of pyridine rings is 1. The minimum absolute atomic E-state index is 0.127. The maximum absolute atomic E-state index is 12.9. The Morgan fingerprint density at radius 3 is 2.62 bits per heavy atom. The average molecular weight is 346 g/mol. The number of benzene rings is 1. The van der Waals surface area contributed by atoms with Crippen LogP contribution in [-0.4, -0.2) is 29.7 Å². The molecular weight excluding hydrogens is 331 g/mol. The molecular formula is C16H15FN4O2S. The van der Waals surface area contributed by atoms with Crippen molar-refractivity contribution >= 4 is 10.0 Å². The maximum Gasteiger partial charge on any atom is 0.242 e. The number of halogens is 1. The Hall–Kier alpha value is -2.58. The Bertz CT molecular complexity index is 909. The van der Waals surface area contributed by atoms with Gasteiger partial charge in [0.2, 0.25) is 10.0 Å². The lowest BCUT2D eigenvalue weighted by molar-refractivity contribution is 0.580. The van der Waals surface area contributed by atoms with Gasteiger partial charge in [-0.15, -0.1) is 0 Å². The van der Waals surface area contributed by atoms with E-state index in [9.17, 15) is 12.8 Å². The molecule has 2 heterocycles. The van der Waals surface area contributed by atoms with E-state index in [1.807, 2.05) is 0 Å². The van der Waals surface area contributed by atoms with Gasteiger partial charge in [-0.2, -0.15) is 5.10 Å². The molecule has 1 N–H and O–H groups in total. The highest BCUT2D eigenvalue weighted by Gasteiger charge is 2.13. The zero-order valence-electron chi connectivity index (χ0n) is 12.6. The van der Waals surface area contributed by atoms with Crippen LogP contribution in [0.1, 0.15) is 5.69 Å². The normalized spacial score (nSPS) is 11.5. The van der Waals surface area contributed by atoms with Crippen molar-refractivity contribution in [3.8, 4) is 5.69 Å². The Morgan fingerprint density at radius 2 is 1.92 bits per heavy atom. The first-order chi connectivity index (χ1) is 11.5. The van der Waals surface area contributed by atoms with Crippen LogP contribution in [0.5, 0.6) is 0 Å². The average Bonchev–Trinajstić information content (AvgIpc) is 3.05. The molecule has 0 spiro atoms. The molecule has 1 aromatic carbocycles. The van der Waals surface area contributed by atoms with E-state index < -0.39 is 10.0 Å². The maximum atomic E-state index is 12.9. The molecule has 0 atom stereocenters. The predicted molar refractivity (Wildman–Crippen MR) is 86.7 cm³/mol. The molecule has 0 saturated carbocycles. The second-order valence-electron chi connectivity index (χ2n) is 5.06. The molecule has 8 heteroatoms. The molecule has 0 unspecified atom stereocenters. The number of hydrogen-bond donors (Lipinski definition) is 1. The van der Waals surface area contributed by atoms with Gasteiger partial charge in [0.25, 0.3) is 0 Å². The van der Waals surface area contributed by atoms with Crippen LogP contribution in [0.3, 0.4) is 0 Å². The van der Waals surface area contributed by atoms with E-state index in [1.54, 1.807) is 35.1 Å². The molecule has 3 rings (SSSR count). The summed E-state index contributed by atoms with van der Waals surface area (Å²) in [6.45, 7) is 0.220. The van der Waals surface area contributed by atoms with E-state index in [0.717, 1.165) is 11.4 Å². The summed E-state index contributed by atoms with van der Waals surface area (Å²) < 4.78 is 41.2. The Balaban J connectivity index is 1.61. The smallest absolute Gasteiger partial charge is 0.242 e. The third-order valence-electron chi connectivity index (χ3n) is 3.35. The van der Waals surface area contributed by atoms with Gasteiger partial charge in [0, 0.05) is 31.6 Å². The SMILES string of the molecule is O=S(=O)(NCCc1ccn(-c2ccc(F)cc2)n1)c1cccnc1. The van der Waals surface area contributed by atoms with Gasteiger partial charge < -0.3 is 0 Å². The van der Waals surface area contributed by atoms with Crippen LogP contribution in [0.4, 0.5) is 4.39 Å². The molecule has 6 nitrogen and oxygen atoms in total. The van der Waals surface area contributed by atoms with Crippen molar-refractivity contribution in [3.63, 3.8) is 0 Å². The summed E-state index contributed by atoms with van der Waals surface area (Å²) in [5.41, 5.74) is 1.46. The minimum atomic E-state index is -3.57. The van der Waals surface area contributed by atoms with Crippen molar-refractivity contribution in [1.82, 2.24) is 19.5 Å². The largest absolute Gasteiger partial charge is 0.263 e. The van der Waals surface area contributed by atoms with Crippen LogP contribution in [0, 0.1) is 5.82 Å². The van der Waals surface area contributed by atoms with E-state index in [2.05, 4.69) is 14.8 Å². The number of sulfonamides is 1. The lowest BCUT2D eigenvalue weighted by Gasteiger charge is -2.05. The molecule has 2 aromatic heterocycles. The lowest BCUT2D eigenvalue weighted by atomic mass is 10.3. The molecule has 0 aliphatic rings. The van der Waals surface area contributed by atoms with Crippen LogP contribution >= 0.6 is 0 Å². The fourth-order valence-corrected chi connectivity index (χ4v) is 3.13. The van der Waals surface area contributed by atoms with Gasteiger partial charge in [-0.1, -0.05) is 0 Å². The molecule has 0 aliphatic carbocycles. The van der Waals surface area contributed by atoms with E-state index in [1.165, 1.54) is 30.6 Å². The first kappa shape index (κ1) is 16.3. The fourth-order valence-electron chi connectivity index (χ4n) is 2.14. The van der Waals surface area contributed by atoms with Gasteiger partial charge in [-0.05, 0) is 42.5 Å². The van der Waals surface area contributed by atoms with Crippen LogP contribution < -0.4 is 4.72 Å². The molecule has 0 amide bonds. The van der Waals surface area contributed by atoms with E-state index in [-0.39, 0.29) is 17.3 Å². The number of rotatable bonds is 6. The van der Waals surface area contributed by atoms with Crippen molar-refractivity contribution in [2.75, 3.05) is 6.54 Å². The predicted octanol–water partition coefficient (Wildman–Crippen LogP) is 1.93. The second-order valence-corrected chi connectivity index (χ2v) is 6.83. The van der Waals surface area contributed by atoms with Crippen molar-refractivity contribution in [3.05, 3.63) is 72.6 Å². The van der Waals surface area contributed by atoms with Crippen LogP contribution in [0.25, 0.3) is 5.69 Å². The van der Waals surface area contributed by atoms with Crippen molar-refractivity contribution < 1.29 is 12.8 Å². The highest BCUT2D eigenvalue weighted by atomic mass is 32.2. The summed E-state index contributed by atoms with van der Waals surface area (Å²) in [5.74, 6) is -0.309.